The molecule has 0 amide bonds. The number of rotatable bonds is 3. The van der Waals surface area contributed by atoms with Crippen LogP contribution in [0.3, 0.4) is 0 Å². The topological polar surface area (TPSA) is 46.6 Å². The lowest BCUT2D eigenvalue weighted by atomic mass is 10.1. The first kappa shape index (κ1) is 17.0. The Morgan fingerprint density at radius 2 is 1.72 bits per heavy atom. The van der Waals surface area contributed by atoms with Gasteiger partial charge < -0.3 is 9.64 Å². The summed E-state index contributed by atoms with van der Waals surface area (Å²) in [4.78, 5) is 26.7. The van der Waals surface area contributed by atoms with Crippen molar-refractivity contribution in [1.82, 2.24) is 0 Å². The fourth-order valence-corrected chi connectivity index (χ4v) is 2.91. The molecular formula is C20H16ClNO3. The van der Waals surface area contributed by atoms with Crippen LogP contribution in [0.1, 0.15) is 12.5 Å². The van der Waals surface area contributed by atoms with Gasteiger partial charge >= 0.3 is 5.97 Å². The third kappa shape index (κ3) is 3.21. The van der Waals surface area contributed by atoms with Crippen LogP contribution in [-0.2, 0) is 14.3 Å². The van der Waals surface area contributed by atoms with Gasteiger partial charge in [-0.15, -0.1) is 0 Å². The number of methoxy groups -OCH3 is 1. The quantitative estimate of drug-likeness (QED) is 0.471. The normalized spacial score (nSPS) is 15.9. The highest BCUT2D eigenvalue weighted by molar-refractivity contribution is 6.31. The summed E-state index contributed by atoms with van der Waals surface area (Å²) in [6, 6.07) is 16.5. The number of hydrogen-bond acceptors (Lipinski definition) is 4. The molecule has 0 unspecified atom stereocenters. The number of halogens is 1. The fourth-order valence-electron chi connectivity index (χ4n) is 2.79. The highest BCUT2D eigenvalue weighted by Gasteiger charge is 2.38. The van der Waals surface area contributed by atoms with Crippen molar-refractivity contribution in [3.05, 3.63) is 82.2 Å². The van der Waals surface area contributed by atoms with Crippen LogP contribution in [0, 0.1) is 0 Å². The first-order valence-corrected chi connectivity index (χ1v) is 8.07. The van der Waals surface area contributed by atoms with Gasteiger partial charge in [-0.2, -0.15) is 0 Å². The van der Waals surface area contributed by atoms with E-state index in [9.17, 15) is 9.59 Å². The van der Waals surface area contributed by atoms with Gasteiger partial charge in [-0.1, -0.05) is 41.9 Å². The number of esters is 1. The van der Waals surface area contributed by atoms with Gasteiger partial charge in [-0.3, -0.25) is 4.79 Å². The van der Waals surface area contributed by atoms with Gasteiger partial charge in [-0.25, -0.2) is 4.79 Å². The van der Waals surface area contributed by atoms with Crippen molar-refractivity contribution in [2.75, 3.05) is 12.0 Å². The number of anilines is 1. The molecule has 0 spiro atoms. The molecule has 3 rings (SSSR count). The summed E-state index contributed by atoms with van der Waals surface area (Å²) in [5, 5.41) is 0.615. The highest BCUT2D eigenvalue weighted by atomic mass is 35.5. The zero-order valence-corrected chi connectivity index (χ0v) is 14.6. The molecule has 0 radical (unpaired) electrons. The van der Waals surface area contributed by atoms with Gasteiger partial charge in [0, 0.05) is 16.4 Å². The molecule has 2 aromatic carbocycles. The number of ether oxygens (including phenoxy) is 1. The van der Waals surface area contributed by atoms with E-state index in [1.807, 2.05) is 42.5 Å². The number of allylic oxidation sites excluding steroid dienone is 2. The lowest BCUT2D eigenvalue weighted by Crippen LogP contribution is -2.18. The Labute approximate surface area is 151 Å². The van der Waals surface area contributed by atoms with Crippen molar-refractivity contribution in [1.29, 1.82) is 0 Å². The van der Waals surface area contributed by atoms with Crippen LogP contribution in [0.2, 0.25) is 5.02 Å². The van der Waals surface area contributed by atoms with E-state index < -0.39 is 5.97 Å². The maximum atomic E-state index is 12.9. The number of para-hydroxylation sites is 1. The van der Waals surface area contributed by atoms with Crippen LogP contribution in [0.4, 0.5) is 5.69 Å². The molecule has 126 valence electrons. The average Bonchev–Trinajstić information content (AvgIpc) is 2.87. The van der Waals surface area contributed by atoms with E-state index in [4.69, 9.17) is 16.3 Å². The largest absolute Gasteiger partial charge is 0.465 e. The zero-order valence-electron chi connectivity index (χ0n) is 13.8. The monoisotopic (exact) mass is 353 g/mol. The molecule has 2 aromatic rings. The molecule has 4 nitrogen and oxygen atoms in total. The summed E-state index contributed by atoms with van der Waals surface area (Å²) in [5.74, 6) is -0.994. The number of carbonyl (C=O) groups is 2. The predicted octanol–water partition coefficient (Wildman–Crippen LogP) is 4.22. The Bertz CT molecular complexity index is 883. The third-order valence-electron chi connectivity index (χ3n) is 3.98. The van der Waals surface area contributed by atoms with Crippen LogP contribution in [0.5, 0.6) is 0 Å². The Kier molecular flexibility index (Phi) is 4.72. The number of Topliss-reactive ketones (excluding diaryl/α,β-unsaturated/α-hetero) is 1. The summed E-state index contributed by atoms with van der Waals surface area (Å²) in [6.45, 7) is 1.74. The van der Waals surface area contributed by atoms with Crippen molar-refractivity contribution < 1.29 is 14.3 Å². The zero-order chi connectivity index (χ0) is 18.0. The Balaban J connectivity index is 2.14. The Morgan fingerprint density at radius 3 is 2.32 bits per heavy atom. The summed E-state index contributed by atoms with van der Waals surface area (Å²) < 4.78 is 4.78. The average molecular weight is 354 g/mol. The standard InChI is InChI=1S/C20H16ClNO3/c1-13-18(20(24)25-2)19(23)17(12-14-8-10-15(21)11-9-14)22(13)16-6-4-3-5-7-16/h3-12H,1-2H3/b17-12+. The summed E-state index contributed by atoms with van der Waals surface area (Å²) in [6.07, 6.45) is 1.74. The minimum atomic E-state index is -0.636. The van der Waals surface area contributed by atoms with E-state index in [2.05, 4.69) is 0 Å². The molecule has 0 saturated carbocycles. The van der Waals surface area contributed by atoms with Crippen molar-refractivity contribution in [2.45, 2.75) is 6.92 Å². The SMILES string of the molecule is COC(=O)C1=C(C)N(c2ccccc2)/C(=C/c2ccc(Cl)cc2)C1=O. The van der Waals surface area contributed by atoms with Crippen LogP contribution >= 0.6 is 11.6 Å². The van der Waals surface area contributed by atoms with Crippen molar-refractivity contribution >= 4 is 35.1 Å². The molecule has 25 heavy (non-hydrogen) atoms. The first-order chi connectivity index (χ1) is 12.0. The number of hydrogen-bond donors (Lipinski definition) is 0. The van der Waals surface area contributed by atoms with Gasteiger partial charge in [-0.05, 0) is 42.8 Å². The summed E-state index contributed by atoms with van der Waals surface area (Å²) in [5.41, 5.74) is 2.60. The molecule has 5 heteroatoms. The molecule has 0 saturated heterocycles. The second kappa shape index (κ2) is 6.95. The van der Waals surface area contributed by atoms with E-state index in [1.165, 1.54) is 7.11 Å². The minimum Gasteiger partial charge on any atom is -0.465 e. The lowest BCUT2D eigenvalue weighted by Gasteiger charge is -2.21. The molecular weight excluding hydrogens is 338 g/mol. The van der Waals surface area contributed by atoms with E-state index in [0.29, 0.717) is 16.4 Å². The van der Waals surface area contributed by atoms with E-state index in [-0.39, 0.29) is 11.4 Å². The smallest absolute Gasteiger partial charge is 0.343 e. The lowest BCUT2D eigenvalue weighted by molar-refractivity contribution is -0.137. The maximum absolute atomic E-state index is 12.9. The second-order valence-corrected chi connectivity index (χ2v) is 5.97. The molecule has 1 aliphatic heterocycles. The van der Waals surface area contributed by atoms with Gasteiger partial charge in [0.25, 0.3) is 0 Å². The fraction of sp³-hybridized carbons (Fsp3) is 0.100. The van der Waals surface area contributed by atoms with Gasteiger partial charge in [0.2, 0.25) is 5.78 Å². The Hall–Kier alpha value is -2.85. The molecule has 0 N–H and O–H groups in total. The van der Waals surface area contributed by atoms with Crippen LogP contribution in [0.15, 0.2) is 71.6 Å². The van der Waals surface area contributed by atoms with Gasteiger partial charge in [0.05, 0.1) is 12.8 Å². The summed E-state index contributed by atoms with van der Waals surface area (Å²) >= 11 is 5.92. The first-order valence-electron chi connectivity index (χ1n) is 7.69. The predicted molar refractivity (Wildman–Crippen MR) is 98.1 cm³/mol. The molecule has 0 aromatic heterocycles. The van der Waals surface area contributed by atoms with Crippen LogP contribution < -0.4 is 4.90 Å². The van der Waals surface area contributed by atoms with E-state index >= 15 is 0 Å². The van der Waals surface area contributed by atoms with E-state index in [0.717, 1.165) is 11.3 Å². The number of nitrogens with zero attached hydrogens (tertiary/aromatic N) is 1. The Morgan fingerprint density at radius 1 is 1.08 bits per heavy atom. The van der Waals surface area contributed by atoms with Crippen molar-refractivity contribution in [3.63, 3.8) is 0 Å². The van der Waals surface area contributed by atoms with E-state index in [1.54, 1.807) is 30.0 Å². The highest BCUT2D eigenvalue weighted by Crippen LogP contribution is 2.35. The molecule has 1 aliphatic rings. The van der Waals surface area contributed by atoms with Gasteiger partial charge in [0.1, 0.15) is 5.57 Å². The third-order valence-corrected chi connectivity index (χ3v) is 4.23. The van der Waals surface area contributed by atoms with Crippen molar-refractivity contribution in [2.24, 2.45) is 0 Å². The van der Waals surface area contributed by atoms with Crippen molar-refractivity contribution in [3.8, 4) is 0 Å². The van der Waals surface area contributed by atoms with Crippen LogP contribution in [-0.4, -0.2) is 18.9 Å². The number of benzene rings is 2. The molecule has 0 fully saturated rings. The molecule has 0 atom stereocenters. The number of ketones is 1. The number of carbonyl (C=O) groups excluding carboxylic acids is 2. The second-order valence-electron chi connectivity index (χ2n) is 5.53. The minimum absolute atomic E-state index is 0.0477. The van der Waals surface area contributed by atoms with Crippen LogP contribution in [0.25, 0.3) is 6.08 Å². The molecule has 0 bridgehead atoms. The summed E-state index contributed by atoms with van der Waals surface area (Å²) in [7, 11) is 1.27. The van der Waals surface area contributed by atoms with Gasteiger partial charge in [0.15, 0.2) is 0 Å². The molecule has 1 heterocycles. The molecule has 0 aliphatic carbocycles. The maximum Gasteiger partial charge on any atom is 0.343 e.